The highest BCUT2D eigenvalue weighted by Gasteiger charge is 2.07. The zero-order chi connectivity index (χ0) is 12.8. The molecule has 0 aliphatic heterocycles. The van der Waals surface area contributed by atoms with Crippen LogP contribution in [-0.2, 0) is 0 Å². The van der Waals surface area contributed by atoms with Gasteiger partial charge in [0, 0.05) is 11.8 Å². The Balaban J connectivity index is 3.02. The van der Waals surface area contributed by atoms with Crippen molar-refractivity contribution in [1.82, 2.24) is 4.98 Å². The second-order valence-corrected chi connectivity index (χ2v) is 4.76. The minimum atomic E-state index is 0.00754. The van der Waals surface area contributed by atoms with Crippen LogP contribution in [0.5, 0.6) is 0 Å². The fourth-order valence-electron chi connectivity index (χ4n) is 1.87. The molecule has 1 unspecified atom stereocenters. The predicted octanol–water partition coefficient (Wildman–Crippen LogP) is 3.91. The van der Waals surface area contributed by atoms with Crippen LogP contribution in [0.15, 0.2) is 23.1 Å². The number of H-pyrrole nitrogens is 1. The molecule has 1 rings (SSSR count). The van der Waals surface area contributed by atoms with E-state index in [1.807, 2.05) is 19.2 Å². The van der Waals surface area contributed by atoms with Gasteiger partial charge in [0.2, 0.25) is 0 Å². The van der Waals surface area contributed by atoms with Crippen LogP contribution in [-0.4, -0.2) is 4.98 Å². The van der Waals surface area contributed by atoms with Crippen molar-refractivity contribution in [2.75, 3.05) is 0 Å². The van der Waals surface area contributed by atoms with Crippen LogP contribution in [0.3, 0.4) is 0 Å². The van der Waals surface area contributed by atoms with Gasteiger partial charge in [-0.1, -0.05) is 33.3 Å². The lowest BCUT2D eigenvalue weighted by molar-refractivity contribution is 0.579. The lowest BCUT2D eigenvalue weighted by Crippen LogP contribution is -2.09. The molecule has 0 bridgehead atoms. The lowest BCUT2D eigenvalue weighted by Gasteiger charge is -2.13. The summed E-state index contributed by atoms with van der Waals surface area (Å²) in [6.45, 7) is 8.48. The van der Waals surface area contributed by atoms with Gasteiger partial charge in [-0.2, -0.15) is 0 Å². The van der Waals surface area contributed by atoms with Gasteiger partial charge in [-0.3, -0.25) is 4.79 Å². The molecule has 94 valence electrons. The van der Waals surface area contributed by atoms with Crippen molar-refractivity contribution >= 4 is 5.57 Å². The number of aromatic amines is 1. The molecule has 0 saturated carbocycles. The maximum absolute atomic E-state index is 11.4. The molecule has 0 radical (unpaired) electrons. The Bertz CT molecular complexity index is 442. The average molecular weight is 233 g/mol. The highest BCUT2D eigenvalue weighted by Crippen LogP contribution is 2.24. The fourth-order valence-corrected chi connectivity index (χ4v) is 1.87. The van der Waals surface area contributed by atoms with Crippen LogP contribution in [0.4, 0.5) is 0 Å². The molecule has 1 aromatic heterocycles. The van der Waals surface area contributed by atoms with E-state index in [-0.39, 0.29) is 5.56 Å². The van der Waals surface area contributed by atoms with E-state index < -0.39 is 0 Å². The van der Waals surface area contributed by atoms with Crippen molar-refractivity contribution < 1.29 is 0 Å². The Hall–Kier alpha value is -1.31. The van der Waals surface area contributed by atoms with Gasteiger partial charge in [0.15, 0.2) is 0 Å². The zero-order valence-electron chi connectivity index (χ0n) is 11.3. The second kappa shape index (κ2) is 6.43. The third-order valence-corrected chi connectivity index (χ3v) is 3.18. The smallest absolute Gasteiger partial charge is 0.250 e. The number of pyridine rings is 1. The first-order valence-electron chi connectivity index (χ1n) is 6.47. The van der Waals surface area contributed by atoms with Crippen molar-refractivity contribution in [3.8, 4) is 0 Å². The standard InChI is InChI=1S/C15H23NO/c1-5-7-13(8-11(3)6-2)14-9-12(4)15(17)16-10-14/h7,9-11H,5-6,8H2,1-4H3,(H,16,17)/b13-7+. The van der Waals surface area contributed by atoms with Crippen LogP contribution in [0.1, 0.15) is 51.2 Å². The van der Waals surface area contributed by atoms with E-state index in [1.54, 1.807) is 0 Å². The molecule has 1 aromatic rings. The first-order chi connectivity index (χ1) is 8.08. The largest absolute Gasteiger partial charge is 0.328 e. The van der Waals surface area contributed by atoms with Gasteiger partial charge in [0.1, 0.15) is 0 Å². The van der Waals surface area contributed by atoms with Crippen LogP contribution in [0.25, 0.3) is 5.57 Å². The van der Waals surface area contributed by atoms with Crippen molar-refractivity contribution in [2.45, 2.75) is 47.0 Å². The van der Waals surface area contributed by atoms with E-state index in [0.29, 0.717) is 5.92 Å². The summed E-state index contributed by atoms with van der Waals surface area (Å²) in [5.41, 5.74) is 3.30. The molecule has 0 aromatic carbocycles. The van der Waals surface area contributed by atoms with Gasteiger partial charge < -0.3 is 4.98 Å². The summed E-state index contributed by atoms with van der Waals surface area (Å²) >= 11 is 0. The Morgan fingerprint density at radius 2 is 2.18 bits per heavy atom. The molecule has 0 fully saturated rings. The molecule has 1 heterocycles. The number of aromatic nitrogens is 1. The summed E-state index contributed by atoms with van der Waals surface area (Å²) in [7, 11) is 0. The quantitative estimate of drug-likeness (QED) is 0.821. The SMILES string of the molecule is CC/C=C(\CC(C)CC)c1c[nH]c(=O)c(C)c1. The van der Waals surface area contributed by atoms with Crippen molar-refractivity contribution in [3.05, 3.63) is 39.8 Å². The summed E-state index contributed by atoms with van der Waals surface area (Å²) in [6.07, 6.45) is 7.39. The Kier molecular flexibility index (Phi) is 5.20. The van der Waals surface area contributed by atoms with Gasteiger partial charge in [-0.05, 0) is 42.9 Å². The number of hydrogen-bond donors (Lipinski definition) is 1. The van der Waals surface area contributed by atoms with Gasteiger partial charge in [0.05, 0.1) is 0 Å². The van der Waals surface area contributed by atoms with E-state index in [4.69, 9.17) is 0 Å². The van der Waals surface area contributed by atoms with Gasteiger partial charge in [-0.25, -0.2) is 0 Å². The number of nitrogens with one attached hydrogen (secondary N) is 1. The topological polar surface area (TPSA) is 32.9 Å². The molecule has 0 aliphatic carbocycles. The van der Waals surface area contributed by atoms with E-state index in [2.05, 4.69) is 31.8 Å². The number of rotatable bonds is 5. The Labute approximate surface area is 104 Å². The van der Waals surface area contributed by atoms with Crippen molar-refractivity contribution in [1.29, 1.82) is 0 Å². The van der Waals surface area contributed by atoms with Gasteiger partial charge in [-0.15, -0.1) is 0 Å². The second-order valence-electron chi connectivity index (χ2n) is 4.76. The fraction of sp³-hybridized carbons (Fsp3) is 0.533. The molecular formula is C15H23NO. The Morgan fingerprint density at radius 1 is 1.47 bits per heavy atom. The van der Waals surface area contributed by atoms with Crippen LogP contribution in [0.2, 0.25) is 0 Å². The monoisotopic (exact) mass is 233 g/mol. The van der Waals surface area contributed by atoms with Crippen molar-refractivity contribution in [3.63, 3.8) is 0 Å². The number of hydrogen-bond acceptors (Lipinski definition) is 1. The molecule has 2 nitrogen and oxygen atoms in total. The average Bonchev–Trinajstić information content (AvgIpc) is 2.32. The molecule has 17 heavy (non-hydrogen) atoms. The summed E-state index contributed by atoms with van der Waals surface area (Å²) in [6, 6.07) is 1.99. The summed E-state index contributed by atoms with van der Waals surface area (Å²) < 4.78 is 0. The maximum atomic E-state index is 11.4. The molecule has 0 aliphatic rings. The molecule has 0 saturated heterocycles. The normalized spacial score (nSPS) is 13.8. The van der Waals surface area contributed by atoms with Gasteiger partial charge in [0.25, 0.3) is 5.56 Å². The highest BCUT2D eigenvalue weighted by molar-refractivity contribution is 5.65. The minimum Gasteiger partial charge on any atom is -0.328 e. The van der Waals surface area contributed by atoms with Crippen LogP contribution < -0.4 is 5.56 Å². The highest BCUT2D eigenvalue weighted by atomic mass is 16.1. The third kappa shape index (κ3) is 3.88. The number of aryl methyl sites for hydroxylation is 1. The van der Waals surface area contributed by atoms with E-state index in [9.17, 15) is 4.79 Å². The molecule has 1 atom stereocenters. The molecule has 0 amide bonds. The van der Waals surface area contributed by atoms with Gasteiger partial charge >= 0.3 is 0 Å². The summed E-state index contributed by atoms with van der Waals surface area (Å²) in [4.78, 5) is 14.2. The predicted molar refractivity (Wildman–Crippen MR) is 74.1 cm³/mol. The minimum absolute atomic E-state index is 0.00754. The first kappa shape index (κ1) is 13.8. The van der Waals surface area contributed by atoms with E-state index >= 15 is 0 Å². The zero-order valence-corrected chi connectivity index (χ0v) is 11.3. The first-order valence-corrected chi connectivity index (χ1v) is 6.47. The molecule has 2 heteroatoms. The molecule has 1 N–H and O–H groups in total. The number of allylic oxidation sites excluding steroid dienone is 2. The molecular weight excluding hydrogens is 210 g/mol. The van der Waals surface area contributed by atoms with Crippen molar-refractivity contribution in [2.24, 2.45) is 5.92 Å². The van der Waals surface area contributed by atoms with Crippen LogP contribution >= 0.6 is 0 Å². The maximum Gasteiger partial charge on any atom is 0.250 e. The Morgan fingerprint density at radius 3 is 2.71 bits per heavy atom. The van der Waals surface area contributed by atoms with E-state index in [0.717, 1.165) is 24.0 Å². The van der Waals surface area contributed by atoms with E-state index in [1.165, 1.54) is 12.0 Å². The molecule has 0 spiro atoms. The van der Waals surface area contributed by atoms with Crippen LogP contribution in [0, 0.1) is 12.8 Å². The summed E-state index contributed by atoms with van der Waals surface area (Å²) in [5, 5.41) is 0. The summed E-state index contributed by atoms with van der Waals surface area (Å²) in [5.74, 6) is 0.681. The third-order valence-electron chi connectivity index (χ3n) is 3.18. The lowest BCUT2D eigenvalue weighted by atomic mass is 9.93.